The van der Waals surface area contributed by atoms with Crippen LogP contribution in [0.25, 0.3) is 0 Å². The second kappa shape index (κ2) is 5.98. The molecule has 1 aliphatic rings. The molecule has 0 aliphatic carbocycles. The number of aliphatic hydroxyl groups is 1. The third kappa shape index (κ3) is 3.31. The van der Waals surface area contributed by atoms with Crippen LogP contribution >= 0.6 is 0 Å². The summed E-state index contributed by atoms with van der Waals surface area (Å²) in [5.41, 5.74) is 0.382. The zero-order chi connectivity index (χ0) is 13.8. The Kier molecular flexibility index (Phi) is 4.87. The largest absolute Gasteiger partial charge is 0.481 e. The molecule has 1 aliphatic heterocycles. The molecule has 1 fully saturated rings. The van der Waals surface area contributed by atoms with E-state index < -0.39 is 11.6 Å². The SMILES string of the molecule is CC(=O)O.CC1N(C)CCC1(O)c1ccccc1. The van der Waals surface area contributed by atoms with Crippen molar-refractivity contribution in [1.82, 2.24) is 4.90 Å². The van der Waals surface area contributed by atoms with Gasteiger partial charge in [-0.15, -0.1) is 0 Å². The highest BCUT2D eigenvalue weighted by Crippen LogP contribution is 2.36. The quantitative estimate of drug-likeness (QED) is 0.797. The van der Waals surface area contributed by atoms with Crippen molar-refractivity contribution in [2.75, 3.05) is 13.6 Å². The van der Waals surface area contributed by atoms with Crippen LogP contribution in [0.15, 0.2) is 30.3 Å². The summed E-state index contributed by atoms with van der Waals surface area (Å²) < 4.78 is 0. The zero-order valence-electron chi connectivity index (χ0n) is 11.1. The van der Waals surface area contributed by atoms with Gasteiger partial charge in [0.15, 0.2) is 0 Å². The Labute approximate surface area is 108 Å². The highest BCUT2D eigenvalue weighted by molar-refractivity contribution is 5.62. The maximum absolute atomic E-state index is 10.6. The van der Waals surface area contributed by atoms with Crippen LogP contribution in [0.1, 0.15) is 25.8 Å². The number of carboxylic acids is 1. The van der Waals surface area contributed by atoms with E-state index in [4.69, 9.17) is 9.90 Å². The average molecular weight is 251 g/mol. The Balaban J connectivity index is 0.000000357. The number of likely N-dealkylation sites (N-methyl/N-ethyl adjacent to an activating group) is 1. The fraction of sp³-hybridized carbons (Fsp3) is 0.500. The molecule has 2 atom stereocenters. The summed E-state index contributed by atoms with van der Waals surface area (Å²) >= 11 is 0. The van der Waals surface area contributed by atoms with Gasteiger partial charge in [-0.3, -0.25) is 4.79 Å². The van der Waals surface area contributed by atoms with Gasteiger partial charge in [0, 0.05) is 19.5 Å². The highest BCUT2D eigenvalue weighted by atomic mass is 16.4. The first kappa shape index (κ1) is 14.7. The number of aliphatic carboxylic acids is 1. The lowest BCUT2D eigenvalue weighted by molar-refractivity contribution is -0.134. The van der Waals surface area contributed by atoms with Gasteiger partial charge in [0.05, 0.1) is 0 Å². The van der Waals surface area contributed by atoms with Crippen LogP contribution in [-0.4, -0.2) is 40.7 Å². The number of hydrogen-bond donors (Lipinski definition) is 2. The molecule has 4 heteroatoms. The maximum Gasteiger partial charge on any atom is 0.300 e. The predicted molar refractivity (Wildman–Crippen MR) is 70.4 cm³/mol. The van der Waals surface area contributed by atoms with Crippen LogP contribution in [0.5, 0.6) is 0 Å². The van der Waals surface area contributed by atoms with Gasteiger partial charge in [0.1, 0.15) is 5.60 Å². The van der Waals surface area contributed by atoms with E-state index in [0.717, 1.165) is 25.5 Å². The molecule has 1 aromatic rings. The molecule has 1 saturated heterocycles. The van der Waals surface area contributed by atoms with Crippen molar-refractivity contribution in [3.63, 3.8) is 0 Å². The monoisotopic (exact) mass is 251 g/mol. The van der Waals surface area contributed by atoms with E-state index in [1.807, 2.05) is 30.3 Å². The number of benzene rings is 1. The number of nitrogens with zero attached hydrogens (tertiary/aromatic N) is 1. The van der Waals surface area contributed by atoms with E-state index in [1.165, 1.54) is 0 Å². The molecule has 0 amide bonds. The van der Waals surface area contributed by atoms with Crippen molar-refractivity contribution in [3.05, 3.63) is 35.9 Å². The zero-order valence-corrected chi connectivity index (χ0v) is 11.1. The van der Waals surface area contributed by atoms with Gasteiger partial charge in [-0.25, -0.2) is 0 Å². The Morgan fingerprint density at radius 3 is 2.28 bits per heavy atom. The number of hydrogen-bond acceptors (Lipinski definition) is 3. The van der Waals surface area contributed by atoms with E-state index in [-0.39, 0.29) is 6.04 Å². The van der Waals surface area contributed by atoms with E-state index in [0.29, 0.717) is 0 Å². The second-order valence-electron chi connectivity index (χ2n) is 4.72. The van der Waals surface area contributed by atoms with Crippen LogP contribution in [0.2, 0.25) is 0 Å². The summed E-state index contributed by atoms with van der Waals surface area (Å²) in [6.07, 6.45) is 0.828. The highest BCUT2D eigenvalue weighted by Gasteiger charge is 2.42. The van der Waals surface area contributed by atoms with Crippen molar-refractivity contribution in [3.8, 4) is 0 Å². The Morgan fingerprint density at radius 1 is 1.39 bits per heavy atom. The molecule has 1 aromatic carbocycles. The van der Waals surface area contributed by atoms with Crippen molar-refractivity contribution in [2.45, 2.75) is 31.9 Å². The van der Waals surface area contributed by atoms with Gasteiger partial charge in [0.25, 0.3) is 5.97 Å². The van der Waals surface area contributed by atoms with Gasteiger partial charge < -0.3 is 15.1 Å². The minimum atomic E-state index is -0.833. The first-order valence-electron chi connectivity index (χ1n) is 6.05. The van der Waals surface area contributed by atoms with Crippen LogP contribution < -0.4 is 0 Å². The fourth-order valence-electron chi connectivity index (χ4n) is 2.23. The number of rotatable bonds is 1. The molecule has 2 unspecified atom stereocenters. The Hall–Kier alpha value is -1.39. The van der Waals surface area contributed by atoms with E-state index in [1.54, 1.807) is 0 Å². The Morgan fingerprint density at radius 2 is 1.89 bits per heavy atom. The molecule has 1 heterocycles. The topological polar surface area (TPSA) is 60.8 Å². The van der Waals surface area contributed by atoms with Crippen molar-refractivity contribution in [1.29, 1.82) is 0 Å². The van der Waals surface area contributed by atoms with Crippen molar-refractivity contribution < 1.29 is 15.0 Å². The van der Waals surface area contributed by atoms with E-state index in [2.05, 4.69) is 18.9 Å². The smallest absolute Gasteiger partial charge is 0.300 e. The molecule has 0 saturated carbocycles. The molecule has 18 heavy (non-hydrogen) atoms. The summed E-state index contributed by atoms with van der Waals surface area (Å²) in [5.74, 6) is -0.833. The first-order chi connectivity index (χ1) is 8.38. The second-order valence-corrected chi connectivity index (χ2v) is 4.72. The number of carbonyl (C=O) groups is 1. The summed E-state index contributed by atoms with van der Waals surface area (Å²) in [5, 5.41) is 18.0. The first-order valence-corrected chi connectivity index (χ1v) is 6.05. The maximum atomic E-state index is 10.6. The minimum Gasteiger partial charge on any atom is -0.481 e. The molecule has 100 valence electrons. The van der Waals surface area contributed by atoms with Crippen LogP contribution in [0.3, 0.4) is 0 Å². The molecule has 2 N–H and O–H groups in total. The molecule has 0 spiro atoms. The lowest BCUT2D eigenvalue weighted by atomic mass is 9.87. The van der Waals surface area contributed by atoms with Crippen molar-refractivity contribution >= 4 is 5.97 Å². The minimum absolute atomic E-state index is 0.199. The molecular formula is C14H21NO3. The van der Waals surface area contributed by atoms with E-state index >= 15 is 0 Å². The summed E-state index contributed by atoms with van der Waals surface area (Å²) in [6.45, 7) is 4.13. The standard InChI is InChI=1S/C12H17NO.C2H4O2/c1-10-12(14,8-9-13(10)2)11-6-4-3-5-7-11;1-2(3)4/h3-7,10,14H,8-9H2,1-2H3;1H3,(H,3,4). The number of carboxylic acid groups (broad SMARTS) is 1. The average Bonchev–Trinajstić information content (AvgIpc) is 2.59. The van der Waals surface area contributed by atoms with Crippen LogP contribution in [-0.2, 0) is 10.4 Å². The Bertz CT molecular complexity index is 389. The molecular weight excluding hydrogens is 230 g/mol. The van der Waals surface area contributed by atoms with Crippen molar-refractivity contribution in [2.24, 2.45) is 0 Å². The van der Waals surface area contributed by atoms with E-state index in [9.17, 15) is 5.11 Å². The normalized spacial score (nSPS) is 27.4. The lowest BCUT2D eigenvalue weighted by Crippen LogP contribution is -2.38. The van der Waals surface area contributed by atoms with Crippen LogP contribution in [0.4, 0.5) is 0 Å². The van der Waals surface area contributed by atoms with Crippen LogP contribution in [0, 0.1) is 0 Å². The summed E-state index contributed by atoms with van der Waals surface area (Å²) in [4.78, 5) is 11.2. The molecule has 4 nitrogen and oxygen atoms in total. The summed E-state index contributed by atoms with van der Waals surface area (Å²) in [6, 6.07) is 10.2. The van der Waals surface area contributed by atoms with Gasteiger partial charge >= 0.3 is 0 Å². The fourth-order valence-corrected chi connectivity index (χ4v) is 2.23. The molecule has 0 bridgehead atoms. The van der Waals surface area contributed by atoms with Gasteiger partial charge in [-0.2, -0.15) is 0 Å². The summed E-state index contributed by atoms with van der Waals surface area (Å²) in [7, 11) is 2.06. The van der Waals surface area contributed by atoms with Gasteiger partial charge in [-0.05, 0) is 26.0 Å². The molecule has 0 radical (unpaired) electrons. The van der Waals surface area contributed by atoms with Gasteiger partial charge in [0.2, 0.25) is 0 Å². The third-order valence-electron chi connectivity index (χ3n) is 3.47. The molecule has 0 aromatic heterocycles. The lowest BCUT2D eigenvalue weighted by Gasteiger charge is -2.30. The third-order valence-corrected chi connectivity index (χ3v) is 3.47. The number of likely N-dealkylation sites (tertiary alicyclic amines) is 1. The molecule has 2 rings (SSSR count). The van der Waals surface area contributed by atoms with Gasteiger partial charge in [-0.1, -0.05) is 30.3 Å². The predicted octanol–water partition coefficient (Wildman–Crippen LogP) is 1.69.